The first-order chi connectivity index (χ1) is 15.3. The summed E-state index contributed by atoms with van der Waals surface area (Å²) in [5, 5.41) is 0. The largest absolute Gasteiger partial charge is 0.489 e. The van der Waals surface area contributed by atoms with Crippen LogP contribution in [0.1, 0.15) is 10.4 Å². The van der Waals surface area contributed by atoms with Crippen LogP contribution in [0.2, 0.25) is 0 Å². The monoisotopic (exact) mass is 433 g/mol. The lowest BCUT2D eigenvalue weighted by molar-refractivity contribution is -0.0107. The Morgan fingerprint density at radius 3 is 1.68 bits per heavy atom. The minimum atomic E-state index is -0.352. The van der Waals surface area contributed by atoms with Crippen molar-refractivity contribution in [2.24, 2.45) is 0 Å². The Bertz CT molecular complexity index is 727. The van der Waals surface area contributed by atoms with Gasteiger partial charge in [0.2, 0.25) is 0 Å². The van der Waals surface area contributed by atoms with Crippen LogP contribution in [0.5, 0.6) is 5.75 Å². The van der Waals surface area contributed by atoms with E-state index in [2.05, 4.69) is 0 Å². The van der Waals surface area contributed by atoms with Crippen LogP contribution in [-0.2, 0) is 23.7 Å². The smallest absolute Gasteiger partial charge is 0.338 e. The van der Waals surface area contributed by atoms with E-state index in [1.807, 2.05) is 24.3 Å². The number of carbonyl (C=O) groups is 1. The standard InChI is InChI=1S/C23H31NO7/c24-21-8-4-5-9-22(21)30-18-16-28-14-12-26-10-11-27-13-15-29-17-19-31-23(25)20-6-2-1-3-7-20/h1-9H,10-19,24H2. The first-order valence-electron chi connectivity index (χ1n) is 10.3. The molecule has 0 amide bonds. The molecule has 0 spiro atoms. The van der Waals surface area contributed by atoms with Crippen molar-refractivity contribution in [1.29, 1.82) is 0 Å². The Balaban J connectivity index is 1.29. The van der Waals surface area contributed by atoms with Crippen LogP contribution in [-0.4, -0.2) is 72.0 Å². The van der Waals surface area contributed by atoms with Crippen LogP contribution >= 0.6 is 0 Å². The van der Waals surface area contributed by atoms with Crippen LogP contribution in [0.15, 0.2) is 54.6 Å². The molecule has 0 saturated heterocycles. The molecule has 8 heteroatoms. The molecular weight excluding hydrogens is 402 g/mol. The summed E-state index contributed by atoms with van der Waals surface area (Å²) < 4.78 is 32.3. The molecule has 0 aliphatic rings. The van der Waals surface area contributed by atoms with E-state index >= 15 is 0 Å². The average Bonchev–Trinajstić information content (AvgIpc) is 2.80. The van der Waals surface area contributed by atoms with Crippen LogP contribution < -0.4 is 10.5 Å². The first-order valence-corrected chi connectivity index (χ1v) is 10.3. The predicted molar refractivity (Wildman–Crippen MR) is 116 cm³/mol. The number of ether oxygens (including phenoxy) is 6. The molecule has 0 atom stereocenters. The second-order valence-electron chi connectivity index (χ2n) is 6.34. The van der Waals surface area contributed by atoms with E-state index in [0.29, 0.717) is 76.5 Å². The molecule has 170 valence electrons. The molecule has 2 aromatic rings. The van der Waals surface area contributed by atoms with Gasteiger partial charge < -0.3 is 34.2 Å². The van der Waals surface area contributed by atoms with Crippen molar-refractivity contribution < 1.29 is 33.2 Å². The fraction of sp³-hybridized carbons (Fsp3) is 0.435. The summed E-state index contributed by atoms with van der Waals surface area (Å²) in [5.41, 5.74) is 6.93. The molecule has 2 aromatic carbocycles. The number of nitrogens with two attached hydrogens (primary N) is 1. The average molecular weight is 434 g/mol. The summed E-state index contributed by atoms with van der Waals surface area (Å²) in [7, 11) is 0. The van der Waals surface area contributed by atoms with Crippen molar-refractivity contribution >= 4 is 11.7 Å². The van der Waals surface area contributed by atoms with Gasteiger partial charge in [-0.25, -0.2) is 4.79 Å². The van der Waals surface area contributed by atoms with E-state index in [9.17, 15) is 4.79 Å². The van der Waals surface area contributed by atoms with Gasteiger partial charge in [0, 0.05) is 0 Å². The van der Waals surface area contributed by atoms with E-state index in [1.54, 1.807) is 30.3 Å². The van der Waals surface area contributed by atoms with Crippen molar-refractivity contribution in [1.82, 2.24) is 0 Å². The molecule has 31 heavy (non-hydrogen) atoms. The normalized spacial score (nSPS) is 10.7. The lowest BCUT2D eigenvalue weighted by Crippen LogP contribution is -2.15. The third-order valence-electron chi connectivity index (χ3n) is 3.99. The van der Waals surface area contributed by atoms with Gasteiger partial charge >= 0.3 is 5.97 Å². The van der Waals surface area contributed by atoms with Crippen LogP contribution in [0.3, 0.4) is 0 Å². The van der Waals surface area contributed by atoms with E-state index in [4.69, 9.17) is 34.2 Å². The molecule has 0 fully saturated rings. The number of benzene rings is 2. The highest BCUT2D eigenvalue weighted by Gasteiger charge is 2.05. The number of nitrogen functional groups attached to an aromatic ring is 1. The minimum Gasteiger partial charge on any atom is -0.489 e. The molecule has 0 aliphatic heterocycles. The van der Waals surface area contributed by atoms with Crippen LogP contribution in [0, 0.1) is 0 Å². The number of para-hydroxylation sites is 2. The SMILES string of the molecule is Nc1ccccc1OCCOCCOCCOCCOCCOC(=O)c1ccccc1. The zero-order valence-electron chi connectivity index (χ0n) is 17.7. The summed E-state index contributed by atoms with van der Waals surface area (Å²) in [4.78, 5) is 11.7. The molecule has 0 radical (unpaired) electrons. The fourth-order valence-electron chi connectivity index (χ4n) is 2.44. The third kappa shape index (κ3) is 11.4. The zero-order valence-corrected chi connectivity index (χ0v) is 17.7. The van der Waals surface area contributed by atoms with Gasteiger partial charge in [-0.1, -0.05) is 30.3 Å². The molecule has 0 unspecified atom stereocenters. The number of carbonyl (C=O) groups excluding carboxylic acids is 1. The molecule has 2 rings (SSSR count). The van der Waals surface area contributed by atoms with Crippen molar-refractivity contribution in [3.05, 3.63) is 60.2 Å². The number of esters is 1. The highest BCUT2D eigenvalue weighted by Crippen LogP contribution is 2.19. The molecule has 0 heterocycles. The van der Waals surface area contributed by atoms with Gasteiger partial charge in [0.1, 0.15) is 19.0 Å². The Morgan fingerprint density at radius 1 is 0.613 bits per heavy atom. The molecule has 0 aliphatic carbocycles. The minimum absolute atomic E-state index is 0.209. The molecule has 0 saturated carbocycles. The number of hydrogen-bond acceptors (Lipinski definition) is 8. The summed E-state index contributed by atoms with van der Waals surface area (Å²) in [6.45, 7) is 4.24. The number of rotatable bonds is 17. The van der Waals surface area contributed by atoms with Crippen LogP contribution in [0.25, 0.3) is 0 Å². The quantitative estimate of drug-likeness (QED) is 0.231. The Morgan fingerprint density at radius 2 is 1.10 bits per heavy atom. The van der Waals surface area contributed by atoms with Crippen LogP contribution in [0.4, 0.5) is 5.69 Å². The van der Waals surface area contributed by atoms with Gasteiger partial charge in [-0.05, 0) is 24.3 Å². The van der Waals surface area contributed by atoms with Gasteiger partial charge in [0.15, 0.2) is 0 Å². The van der Waals surface area contributed by atoms with Crippen molar-refractivity contribution in [2.75, 3.05) is 71.8 Å². The van der Waals surface area contributed by atoms with Gasteiger partial charge in [-0.15, -0.1) is 0 Å². The lowest BCUT2D eigenvalue weighted by Gasteiger charge is -2.09. The van der Waals surface area contributed by atoms with Gasteiger partial charge in [-0.2, -0.15) is 0 Å². The van der Waals surface area contributed by atoms with E-state index in [-0.39, 0.29) is 12.6 Å². The van der Waals surface area contributed by atoms with E-state index in [0.717, 1.165) is 0 Å². The Kier molecular flexibility index (Phi) is 12.8. The highest BCUT2D eigenvalue weighted by atomic mass is 16.6. The zero-order chi connectivity index (χ0) is 22.0. The highest BCUT2D eigenvalue weighted by molar-refractivity contribution is 5.89. The Hall–Kier alpha value is -2.65. The maximum absolute atomic E-state index is 11.7. The summed E-state index contributed by atoms with van der Waals surface area (Å²) in [5.74, 6) is 0.312. The molecule has 2 N–H and O–H groups in total. The predicted octanol–water partition coefficient (Wildman–Crippen LogP) is 2.57. The van der Waals surface area contributed by atoms with E-state index in [1.165, 1.54) is 0 Å². The van der Waals surface area contributed by atoms with Gasteiger partial charge in [0.25, 0.3) is 0 Å². The van der Waals surface area contributed by atoms with Crippen molar-refractivity contribution in [3.63, 3.8) is 0 Å². The van der Waals surface area contributed by atoms with Gasteiger partial charge in [-0.3, -0.25) is 0 Å². The summed E-state index contributed by atoms with van der Waals surface area (Å²) in [6.07, 6.45) is 0. The molecule has 0 aromatic heterocycles. The fourth-order valence-corrected chi connectivity index (χ4v) is 2.44. The summed E-state index contributed by atoms with van der Waals surface area (Å²) in [6, 6.07) is 16.2. The number of anilines is 1. The molecule has 0 bridgehead atoms. The van der Waals surface area contributed by atoms with E-state index < -0.39 is 0 Å². The second kappa shape index (κ2) is 16.1. The second-order valence-corrected chi connectivity index (χ2v) is 6.34. The summed E-state index contributed by atoms with van der Waals surface area (Å²) >= 11 is 0. The van der Waals surface area contributed by atoms with Crippen molar-refractivity contribution in [2.45, 2.75) is 0 Å². The maximum Gasteiger partial charge on any atom is 0.338 e. The molecule has 8 nitrogen and oxygen atoms in total. The lowest BCUT2D eigenvalue weighted by atomic mass is 10.2. The topological polar surface area (TPSA) is 98.5 Å². The number of hydrogen-bond donors (Lipinski definition) is 1. The third-order valence-corrected chi connectivity index (χ3v) is 3.99. The first kappa shape index (κ1) is 24.6. The Labute approximate surface area is 183 Å². The maximum atomic E-state index is 11.7. The van der Waals surface area contributed by atoms with Gasteiger partial charge in [0.05, 0.1) is 64.1 Å². The molecular formula is C23H31NO7. The van der Waals surface area contributed by atoms with Crippen molar-refractivity contribution in [3.8, 4) is 5.75 Å².